The van der Waals surface area contributed by atoms with Crippen LogP contribution in [0.4, 0.5) is 5.69 Å². The van der Waals surface area contributed by atoms with E-state index in [-0.39, 0.29) is 17.1 Å². The van der Waals surface area contributed by atoms with Crippen molar-refractivity contribution in [3.63, 3.8) is 0 Å². The molecular formula is C24H27N5O3. The molecule has 0 radical (unpaired) electrons. The lowest BCUT2D eigenvalue weighted by molar-refractivity contribution is 0.0336. The zero-order valence-corrected chi connectivity index (χ0v) is 18.1. The van der Waals surface area contributed by atoms with E-state index in [1.54, 1.807) is 7.11 Å². The number of methoxy groups -OCH3 is 1. The summed E-state index contributed by atoms with van der Waals surface area (Å²) in [7, 11) is 1.64. The van der Waals surface area contributed by atoms with Gasteiger partial charge in [0, 0.05) is 43.5 Å². The van der Waals surface area contributed by atoms with Gasteiger partial charge in [0.25, 0.3) is 5.56 Å². The van der Waals surface area contributed by atoms with E-state index in [9.17, 15) is 4.79 Å². The van der Waals surface area contributed by atoms with E-state index in [0.717, 1.165) is 30.1 Å². The van der Waals surface area contributed by atoms with Crippen molar-refractivity contribution in [2.24, 2.45) is 0 Å². The summed E-state index contributed by atoms with van der Waals surface area (Å²) in [6.45, 7) is 4.12. The highest BCUT2D eigenvalue weighted by molar-refractivity contribution is 6.11. The van der Waals surface area contributed by atoms with Crippen LogP contribution in [0, 0.1) is 5.41 Å². The Kier molecular flexibility index (Phi) is 6.94. The third-order valence-electron chi connectivity index (χ3n) is 5.36. The normalized spacial score (nSPS) is 14.2. The van der Waals surface area contributed by atoms with Crippen LogP contribution in [0.2, 0.25) is 0 Å². The fourth-order valence-corrected chi connectivity index (χ4v) is 3.62. The maximum absolute atomic E-state index is 12.3. The van der Waals surface area contributed by atoms with Crippen LogP contribution in [0.5, 0.6) is 5.75 Å². The average molecular weight is 434 g/mol. The summed E-state index contributed by atoms with van der Waals surface area (Å²) < 4.78 is 10.6. The summed E-state index contributed by atoms with van der Waals surface area (Å²) in [6, 6.07) is 16.9. The van der Waals surface area contributed by atoms with Crippen LogP contribution in [0.25, 0.3) is 0 Å². The van der Waals surface area contributed by atoms with E-state index in [0.29, 0.717) is 37.6 Å². The Morgan fingerprint density at radius 3 is 2.69 bits per heavy atom. The maximum atomic E-state index is 12.3. The van der Waals surface area contributed by atoms with Crippen molar-refractivity contribution < 1.29 is 9.47 Å². The van der Waals surface area contributed by atoms with Gasteiger partial charge < -0.3 is 19.8 Å². The number of morpholine rings is 1. The van der Waals surface area contributed by atoms with Crippen LogP contribution in [0.3, 0.4) is 0 Å². The number of anilines is 1. The Morgan fingerprint density at radius 2 is 1.94 bits per heavy atom. The third kappa shape index (κ3) is 5.40. The summed E-state index contributed by atoms with van der Waals surface area (Å²) >= 11 is 0. The van der Waals surface area contributed by atoms with Crippen LogP contribution in [0.15, 0.2) is 59.4 Å². The van der Waals surface area contributed by atoms with Gasteiger partial charge in [-0.1, -0.05) is 30.3 Å². The number of aromatic amines is 1. The summed E-state index contributed by atoms with van der Waals surface area (Å²) in [5.41, 5.74) is 3.13. The Labute approximate surface area is 186 Å². The van der Waals surface area contributed by atoms with E-state index in [1.807, 2.05) is 48.5 Å². The second-order valence-corrected chi connectivity index (χ2v) is 7.60. The molecule has 1 aromatic heterocycles. The minimum atomic E-state index is -0.258. The first kappa shape index (κ1) is 21.7. The Bertz CT molecular complexity index is 1120. The van der Waals surface area contributed by atoms with E-state index < -0.39 is 0 Å². The molecule has 0 saturated carbocycles. The number of para-hydroxylation sites is 1. The van der Waals surface area contributed by atoms with Crippen LogP contribution >= 0.6 is 0 Å². The lowest BCUT2D eigenvalue weighted by Gasteiger charge is -2.26. The number of rotatable bonds is 8. The highest BCUT2D eigenvalue weighted by atomic mass is 16.5. The van der Waals surface area contributed by atoms with E-state index in [1.165, 1.54) is 6.07 Å². The molecule has 0 aliphatic carbocycles. The van der Waals surface area contributed by atoms with E-state index >= 15 is 0 Å². The Morgan fingerprint density at radius 1 is 1.19 bits per heavy atom. The molecule has 3 aromatic rings. The second-order valence-electron chi connectivity index (χ2n) is 7.60. The summed E-state index contributed by atoms with van der Waals surface area (Å²) in [5, 5.41) is 12.1. The molecule has 2 aromatic carbocycles. The van der Waals surface area contributed by atoms with Crippen molar-refractivity contribution in [2.75, 3.05) is 38.7 Å². The third-order valence-corrected chi connectivity index (χ3v) is 5.36. The fourth-order valence-electron chi connectivity index (χ4n) is 3.62. The number of nitrogens with zero attached hydrogens (tertiary/aromatic N) is 2. The first-order valence-corrected chi connectivity index (χ1v) is 10.6. The van der Waals surface area contributed by atoms with E-state index in [4.69, 9.17) is 14.9 Å². The van der Waals surface area contributed by atoms with Gasteiger partial charge in [-0.2, -0.15) is 0 Å². The van der Waals surface area contributed by atoms with Crippen molar-refractivity contribution >= 4 is 11.4 Å². The SMILES string of the molecule is COc1ccc(CNc2ccccc2C(=N)c2nc(CN3CCOCC3)cc(=O)[nH]2)cc1. The van der Waals surface area contributed by atoms with Gasteiger partial charge in [0.15, 0.2) is 5.82 Å². The minimum Gasteiger partial charge on any atom is -0.497 e. The number of hydrogen-bond donors (Lipinski definition) is 3. The van der Waals surface area contributed by atoms with Gasteiger partial charge in [-0.15, -0.1) is 0 Å². The topological polar surface area (TPSA) is 103 Å². The summed E-state index contributed by atoms with van der Waals surface area (Å²) in [4.78, 5) is 21.8. The quantitative estimate of drug-likeness (QED) is 0.472. The monoisotopic (exact) mass is 433 g/mol. The molecule has 1 fully saturated rings. The summed E-state index contributed by atoms with van der Waals surface area (Å²) in [6.07, 6.45) is 0. The van der Waals surface area contributed by atoms with Gasteiger partial charge in [-0.3, -0.25) is 15.1 Å². The fraction of sp³-hybridized carbons (Fsp3) is 0.292. The second kappa shape index (κ2) is 10.2. The zero-order chi connectivity index (χ0) is 22.3. The maximum Gasteiger partial charge on any atom is 0.251 e. The summed E-state index contributed by atoms with van der Waals surface area (Å²) in [5.74, 6) is 1.07. The molecule has 1 aliphatic rings. The smallest absolute Gasteiger partial charge is 0.251 e. The van der Waals surface area contributed by atoms with Gasteiger partial charge in [0.2, 0.25) is 0 Å². The lowest BCUT2D eigenvalue weighted by atomic mass is 10.1. The van der Waals surface area contributed by atoms with Crippen molar-refractivity contribution in [3.8, 4) is 5.75 Å². The molecule has 0 spiro atoms. The predicted octanol–water partition coefficient (Wildman–Crippen LogP) is 2.64. The van der Waals surface area contributed by atoms with Crippen LogP contribution in [-0.2, 0) is 17.8 Å². The number of H-pyrrole nitrogens is 1. The molecular weight excluding hydrogens is 406 g/mol. The molecule has 8 heteroatoms. The molecule has 166 valence electrons. The van der Waals surface area contributed by atoms with Gasteiger partial charge in [-0.25, -0.2) is 4.98 Å². The van der Waals surface area contributed by atoms with Gasteiger partial charge in [0.1, 0.15) is 11.5 Å². The number of ether oxygens (including phenoxy) is 2. The molecule has 0 unspecified atom stereocenters. The number of benzene rings is 2. The standard InChI is InChI=1S/C24H27N5O3/c1-31-19-8-6-17(7-9-19)15-26-21-5-3-2-4-20(21)23(25)24-27-18(14-22(30)28-24)16-29-10-12-32-13-11-29/h2-9,14,25-26H,10-13,15-16H2,1H3,(H,27,28,30). The Hall–Kier alpha value is -3.49. The minimum absolute atomic E-state index is 0.170. The molecule has 0 bridgehead atoms. The van der Waals surface area contributed by atoms with Gasteiger partial charge >= 0.3 is 0 Å². The van der Waals surface area contributed by atoms with Gasteiger partial charge in [0.05, 0.1) is 26.0 Å². The molecule has 1 aliphatic heterocycles. The largest absolute Gasteiger partial charge is 0.497 e. The number of nitrogens with one attached hydrogen (secondary N) is 3. The van der Waals surface area contributed by atoms with Crippen molar-refractivity contribution in [2.45, 2.75) is 13.1 Å². The molecule has 0 amide bonds. The number of hydrogen-bond acceptors (Lipinski definition) is 7. The Balaban J connectivity index is 1.52. The highest BCUT2D eigenvalue weighted by Crippen LogP contribution is 2.20. The van der Waals surface area contributed by atoms with Crippen LogP contribution in [0.1, 0.15) is 22.6 Å². The molecule has 32 heavy (non-hydrogen) atoms. The van der Waals surface area contributed by atoms with Crippen molar-refractivity contribution in [1.29, 1.82) is 5.41 Å². The van der Waals surface area contributed by atoms with Crippen LogP contribution < -0.4 is 15.6 Å². The van der Waals surface area contributed by atoms with Crippen molar-refractivity contribution in [3.05, 3.63) is 87.6 Å². The highest BCUT2D eigenvalue weighted by Gasteiger charge is 2.16. The molecule has 3 N–H and O–H groups in total. The number of aromatic nitrogens is 2. The first-order valence-electron chi connectivity index (χ1n) is 10.6. The molecule has 2 heterocycles. The lowest BCUT2D eigenvalue weighted by Crippen LogP contribution is -2.36. The predicted molar refractivity (Wildman–Crippen MR) is 124 cm³/mol. The van der Waals surface area contributed by atoms with Gasteiger partial charge in [-0.05, 0) is 23.8 Å². The zero-order valence-electron chi connectivity index (χ0n) is 18.1. The molecule has 1 saturated heterocycles. The van der Waals surface area contributed by atoms with Crippen molar-refractivity contribution in [1.82, 2.24) is 14.9 Å². The average Bonchev–Trinajstić information content (AvgIpc) is 2.83. The molecule has 8 nitrogen and oxygen atoms in total. The molecule has 4 rings (SSSR count). The van der Waals surface area contributed by atoms with Crippen LogP contribution in [-0.4, -0.2) is 54.0 Å². The molecule has 0 atom stereocenters. The van der Waals surface area contributed by atoms with E-state index in [2.05, 4.69) is 20.2 Å². The first-order chi connectivity index (χ1) is 15.6.